The number of urea groups is 1. The van der Waals surface area contributed by atoms with E-state index < -0.39 is 11.6 Å². The number of anilines is 1. The van der Waals surface area contributed by atoms with Crippen LogP contribution >= 0.6 is 11.3 Å². The summed E-state index contributed by atoms with van der Waals surface area (Å²) in [6.07, 6.45) is 2.01. The van der Waals surface area contributed by atoms with Gasteiger partial charge in [-0.25, -0.2) is 4.79 Å². The summed E-state index contributed by atoms with van der Waals surface area (Å²) in [4.78, 5) is 38.1. The second-order valence-electron chi connectivity index (χ2n) is 6.83. The molecule has 4 amide bonds. The van der Waals surface area contributed by atoms with E-state index in [4.69, 9.17) is 0 Å². The number of carbonyl (C=O) groups excluding carboxylic acids is 3. The van der Waals surface area contributed by atoms with Crippen molar-refractivity contribution in [1.82, 2.24) is 20.8 Å². The Morgan fingerprint density at radius 3 is 2.69 bits per heavy atom. The zero-order chi connectivity index (χ0) is 18.3. The van der Waals surface area contributed by atoms with Gasteiger partial charge < -0.3 is 10.6 Å². The van der Waals surface area contributed by atoms with Crippen molar-refractivity contribution in [2.45, 2.75) is 38.1 Å². The topological polar surface area (TPSA) is 116 Å². The number of hydrogen-bond donors (Lipinski definition) is 4. The third kappa shape index (κ3) is 2.98. The maximum absolute atomic E-state index is 12.5. The Bertz CT molecular complexity index is 879. The predicted octanol–water partition coefficient (Wildman–Crippen LogP) is 2.15. The Morgan fingerprint density at radius 1 is 1.31 bits per heavy atom. The Labute approximate surface area is 153 Å². The van der Waals surface area contributed by atoms with Crippen molar-refractivity contribution in [3.8, 4) is 10.6 Å². The highest BCUT2D eigenvalue weighted by Crippen LogP contribution is 2.35. The lowest BCUT2D eigenvalue weighted by Crippen LogP contribution is -2.50. The highest BCUT2D eigenvalue weighted by atomic mass is 32.1. The second kappa shape index (κ2) is 6.24. The standard InChI is InChI=1S/C17H19N5O3S/c1-9-2-3-12(26-9)11-8-13(22-21-11)18-14(23)10-4-6-17(7-5-10)15(24)19-16(25)20-17/h2-3,8,10H,4-7H2,1H3,(H2,18,21,22,23)(H2,19,20,24,25). The number of aromatic nitrogens is 2. The monoisotopic (exact) mass is 373 g/mol. The second-order valence-corrected chi connectivity index (χ2v) is 8.12. The number of amides is 4. The summed E-state index contributed by atoms with van der Waals surface area (Å²) < 4.78 is 0. The highest BCUT2D eigenvalue weighted by molar-refractivity contribution is 7.15. The van der Waals surface area contributed by atoms with Crippen LogP contribution in [0.3, 0.4) is 0 Å². The molecule has 2 aliphatic rings. The minimum absolute atomic E-state index is 0.106. The van der Waals surface area contributed by atoms with Gasteiger partial charge in [-0.15, -0.1) is 11.3 Å². The highest BCUT2D eigenvalue weighted by Gasteiger charge is 2.48. The molecule has 0 unspecified atom stereocenters. The first-order valence-corrected chi connectivity index (χ1v) is 9.33. The van der Waals surface area contributed by atoms with Gasteiger partial charge in [-0.1, -0.05) is 0 Å². The normalized spacial score (nSPS) is 25.2. The van der Waals surface area contributed by atoms with Crippen molar-refractivity contribution in [2.75, 3.05) is 5.32 Å². The molecule has 8 nitrogen and oxygen atoms in total. The van der Waals surface area contributed by atoms with Gasteiger partial charge in [0.05, 0.1) is 10.6 Å². The number of nitrogens with one attached hydrogen (secondary N) is 4. The molecule has 1 aliphatic heterocycles. The van der Waals surface area contributed by atoms with E-state index in [1.165, 1.54) is 4.88 Å². The minimum atomic E-state index is -0.843. The summed E-state index contributed by atoms with van der Waals surface area (Å²) in [5, 5.41) is 14.9. The predicted molar refractivity (Wildman–Crippen MR) is 96.6 cm³/mol. The van der Waals surface area contributed by atoms with Crippen molar-refractivity contribution >= 4 is 35.0 Å². The van der Waals surface area contributed by atoms with Crippen LogP contribution in [-0.2, 0) is 9.59 Å². The van der Waals surface area contributed by atoms with Crippen molar-refractivity contribution in [3.63, 3.8) is 0 Å². The van der Waals surface area contributed by atoms with E-state index in [0.717, 1.165) is 10.6 Å². The fourth-order valence-electron chi connectivity index (χ4n) is 3.57. The molecule has 2 fully saturated rings. The summed E-state index contributed by atoms with van der Waals surface area (Å²) in [5.41, 5.74) is 0.0241. The van der Waals surface area contributed by atoms with E-state index in [0.29, 0.717) is 31.5 Å². The fourth-order valence-corrected chi connectivity index (χ4v) is 4.41. The molecule has 1 spiro atoms. The Balaban J connectivity index is 1.37. The molecule has 1 aliphatic carbocycles. The average molecular weight is 373 g/mol. The maximum Gasteiger partial charge on any atom is 0.322 e. The molecule has 1 saturated carbocycles. The van der Waals surface area contributed by atoms with E-state index in [1.807, 2.05) is 25.1 Å². The molecule has 9 heteroatoms. The van der Waals surface area contributed by atoms with Gasteiger partial charge >= 0.3 is 6.03 Å². The van der Waals surface area contributed by atoms with Gasteiger partial charge in [-0.05, 0) is 44.7 Å². The van der Waals surface area contributed by atoms with Crippen LogP contribution in [0.4, 0.5) is 10.6 Å². The molecule has 136 valence electrons. The van der Waals surface area contributed by atoms with E-state index in [-0.39, 0.29) is 17.7 Å². The molecule has 26 heavy (non-hydrogen) atoms. The van der Waals surface area contributed by atoms with Crippen LogP contribution in [0.15, 0.2) is 18.2 Å². The molecule has 4 rings (SSSR count). The third-order valence-corrected chi connectivity index (χ3v) is 6.09. The van der Waals surface area contributed by atoms with Crippen LogP contribution in [0.1, 0.15) is 30.6 Å². The third-order valence-electron chi connectivity index (χ3n) is 5.06. The number of rotatable bonds is 3. The Kier molecular flexibility index (Phi) is 4.03. The maximum atomic E-state index is 12.5. The van der Waals surface area contributed by atoms with Crippen molar-refractivity contribution in [3.05, 3.63) is 23.1 Å². The number of carbonyl (C=O) groups is 3. The number of nitrogens with zero attached hydrogens (tertiary/aromatic N) is 1. The lowest BCUT2D eigenvalue weighted by Gasteiger charge is -2.33. The first-order chi connectivity index (χ1) is 12.4. The summed E-state index contributed by atoms with van der Waals surface area (Å²) in [6.45, 7) is 2.04. The molecular weight excluding hydrogens is 354 g/mol. The number of H-pyrrole nitrogens is 1. The lowest BCUT2D eigenvalue weighted by atomic mass is 9.76. The molecule has 3 heterocycles. The van der Waals surface area contributed by atoms with E-state index >= 15 is 0 Å². The fraction of sp³-hybridized carbons (Fsp3) is 0.412. The van der Waals surface area contributed by atoms with Gasteiger partial charge in [0.25, 0.3) is 5.91 Å². The summed E-state index contributed by atoms with van der Waals surface area (Å²) >= 11 is 1.66. The van der Waals surface area contributed by atoms with Crippen LogP contribution in [0, 0.1) is 12.8 Å². The zero-order valence-corrected chi connectivity index (χ0v) is 15.0. The largest absolute Gasteiger partial charge is 0.323 e. The Hall–Kier alpha value is -2.68. The summed E-state index contributed by atoms with van der Waals surface area (Å²) in [5.74, 6) is -0.104. The molecule has 4 N–H and O–H groups in total. The average Bonchev–Trinajstić information content (AvgIpc) is 3.29. The molecule has 2 aromatic rings. The lowest BCUT2D eigenvalue weighted by molar-refractivity contribution is -0.128. The van der Waals surface area contributed by atoms with Crippen LogP contribution in [0.2, 0.25) is 0 Å². The van der Waals surface area contributed by atoms with Crippen LogP contribution in [-0.4, -0.2) is 33.6 Å². The van der Waals surface area contributed by atoms with Gasteiger partial charge in [-0.2, -0.15) is 5.10 Å². The molecule has 1 saturated heterocycles. The van der Waals surface area contributed by atoms with Gasteiger partial charge in [0.1, 0.15) is 5.54 Å². The molecule has 0 bridgehead atoms. The first kappa shape index (κ1) is 16.8. The van der Waals surface area contributed by atoms with E-state index in [9.17, 15) is 14.4 Å². The quantitative estimate of drug-likeness (QED) is 0.617. The van der Waals surface area contributed by atoms with Gasteiger partial charge in [0, 0.05) is 16.9 Å². The number of imide groups is 1. The smallest absolute Gasteiger partial charge is 0.322 e. The molecule has 0 radical (unpaired) electrons. The SMILES string of the molecule is Cc1ccc(-c2cc(NC(=O)C3CCC4(CC3)NC(=O)NC4=O)n[nH]2)s1. The number of hydrogen-bond acceptors (Lipinski definition) is 5. The first-order valence-electron chi connectivity index (χ1n) is 8.52. The Morgan fingerprint density at radius 2 is 2.08 bits per heavy atom. The molecular formula is C17H19N5O3S. The van der Waals surface area contributed by atoms with Crippen LogP contribution < -0.4 is 16.0 Å². The van der Waals surface area contributed by atoms with Crippen LogP contribution in [0.5, 0.6) is 0 Å². The molecule has 0 atom stereocenters. The number of aromatic amines is 1. The minimum Gasteiger partial charge on any atom is -0.323 e. The van der Waals surface area contributed by atoms with Gasteiger partial charge in [-0.3, -0.25) is 20.0 Å². The number of aryl methyl sites for hydroxylation is 1. The summed E-state index contributed by atoms with van der Waals surface area (Å²) in [7, 11) is 0. The van der Waals surface area contributed by atoms with Crippen molar-refractivity contribution in [2.24, 2.45) is 5.92 Å². The summed E-state index contributed by atoms with van der Waals surface area (Å²) in [6, 6.07) is 5.42. The van der Waals surface area contributed by atoms with Crippen molar-refractivity contribution < 1.29 is 14.4 Å². The van der Waals surface area contributed by atoms with Gasteiger partial charge in [0.2, 0.25) is 5.91 Å². The van der Waals surface area contributed by atoms with Gasteiger partial charge in [0.15, 0.2) is 5.82 Å². The van der Waals surface area contributed by atoms with E-state index in [2.05, 4.69) is 26.1 Å². The van der Waals surface area contributed by atoms with Crippen molar-refractivity contribution in [1.29, 1.82) is 0 Å². The molecule has 2 aromatic heterocycles. The zero-order valence-electron chi connectivity index (χ0n) is 14.2. The molecule has 0 aromatic carbocycles. The van der Waals surface area contributed by atoms with E-state index in [1.54, 1.807) is 11.3 Å². The van der Waals surface area contributed by atoms with Crippen LogP contribution in [0.25, 0.3) is 10.6 Å². The number of thiophene rings is 1.